The van der Waals surface area contributed by atoms with Crippen LogP contribution in [0.25, 0.3) is 0 Å². The average Bonchev–Trinajstić information content (AvgIpc) is 2.16. The summed E-state index contributed by atoms with van der Waals surface area (Å²) in [7, 11) is 0. The molecule has 0 radical (unpaired) electrons. The molecule has 0 amide bonds. The van der Waals surface area contributed by atoms with Crippen LogP contribution in [0.1, 0.15) is 12.0 Å². The fourth-order valence-corrected chi connectivity index (χ4v) is 2.69. The van der Waals surface area contributed by atoms with Crippen molar-refractivity contribution in [2.24, 2.45) is 0 Å². The van der Waals surface area contributed by atoms with Crippen molar-refractivity contribution in [1.82, 2.24) is 0 Å². The Morgan fingerprint density at radius 3 is 2.43 bits per heavy atom. The molecule has 0 spiro atoms. The summed E-state index contributed by atoms with van der Waals surface area (Å²) in [6.07, 6.45) is 0.812. The van der Waals surface area contributed by atoms with Gasteiger partial charge < -0.3 is 5.11 Å². The molecule has 0 atom stereocenters. The summed E-state index contributed by atoms with van der Waals surface area (Å²) < 4.78 is 0. The third-order valence-corrected chi connectivity index (χ3v) is 3.53. The fraction of sp³-hybridized carbons (Fsp3) is 0.400. The molecule has 0 aliphatic rings. The summed E-state index contributed by atoms with van der Waals surface area (Å²) in [6.45, 7) is 0.239. The first-order valence-corrected chi connectivity index (χ1v) is 6.28. The summed E-state index contributed by atoms with van der Waals surface area (Å²) in [5.74, 6) is 1.73. The first kappa shape index (κ1) is 12.2. The molecule has 1 rings (SSSR count). The maximum Gasteiger partial charge on any atom is 0.0461 e. The molecule has 1 aromatic carbocycles. The highest BCUT2D eigenvalue weighted by Crippen LogP contribution is 2.28. The molecule has 78 valence electrons. The number of hydrogen-bond acceptors (Lipinski definition) is 2. The van der Waals surface area contributed by atoms with Gasteiger partial charge in [-0.15, -0.1) is 0 Å². The van der Waals surface area contributed by atoms with E-state index in [2.05, 4.69) is 0 Å². The Kier molecular flexibility index (Phi) is 5.71. The molecule has 1 aromatic rings. The Morgan fingerprint density at radius 1 is 1.21 bits per heavy atom. The van der Waals surface area contributed by atoms with Crippen molar-refractivity contribution in [1.29, 1.82) is 0 Å². The number of thioether (sulfide) groups is 1. The second kappa shape index (κ2) is 6.57. The number of aliphatic hydroxyl groups is 1. The molecule has 0 aliphatic carbocycles. The lowest BCUT2D eigenvalue weighted by molar-refractivity contribution is 0.296. The minimum atomic E-state index is 0.239. The molecule has 0 saturated heterocycles. The Morgan fingerprint density at radius 2 is 1.86 bits per heavy atom. The van der Waals surface area contributed by atoms with E-state index in [1.165, 1.54) is 0 Å². The summed E-state index contributed by atoms with van der Waals surface area (Å²) in [5.41, 5.74) is 0.985. The zero-order valence-electron chi connectivity index (χ0n) is 7.67. The molecule has 0 aromatic heterocycles. The van der Waals surface area contributed by atoms with Crippen LogP contribution in [-0.2, 0) is 5.75 Å². The summed E-state index contributed by atoms with van der Waals surface area (Å²) in [4.78, 5) is 0. The van der Waals surface area contributed by atoms with Gasteiger partial charge >= 0.3 is 0 Å². The molecular formula is C10H12Cl2OS. The minimum absolute atomic E-state index is 0.239. The maximum absolute atomic E-state index is 8.61. The molecule has 1 N–H and O–H groups in total. The zero-order valence-corrected chi connectivity index (χ0v) is 10.0. The van der Waals surface area contributed by atoms with Gasteiger partial charge in [0.1, 0.15) is 0 Å². The maximum atomic E-state index is 8.61. The molecule has 1 nitrogen and oxygen atoms in total. The molecule has 0 fully saturated rings. The van der Waals surface area contributed by atoms with Crippen LogP contribution in [0, 0.1) is 0 Å². The lowest BCUT2D eigenvalue weighted by atomic mass is 10.2. The van der Waals surface area contributed by atoms with Crippen molar-refractivity contribution in [2.75, 3.05) is 12.4 Å². The van der Waals surface area contributed by atoms with Crippen LogP contribution < -0.4 is 0 Å². The van der Waals surface area contributed by atoms with Crippen molar-refractivity contribution in [3.8, 4) is 0 Å². The zero-order chi connectivity index (χ0) is 10.4. The number of benzene rings is 1. The lowest BCUT2D eigenvalue weighted by Crippen LogP contribution is -1.89. The van der Waals surface area contributed by atoms with E-state index >= 15 is 0 Å². The number of halogens is 2. The van der Waals surface area contributed by atoms with Gasteiger partial charge in [-0.2, -0.15) is 11.8 Å². The third-order valence-electron chi connectivity index (χ3n) is 1.75. The first-order valence-electron chi connectivity index (χ1n) is 4.37. The highest BCUT2D eigenvalue weighted by atomic mass is 35.5. The minimum Gasteiger partial charge on any atom is -0.396 e. The van der Waals surface area contributed by atoms with E-state index in [9.17, 15) is 0 Å². The molecular weight excluding hydrogens is 239 g/mol. The predicted octanol–water partition coefficient (Wildman–Crippen LogP) is 3.61. The second-order valence-corrected chi connectivity index (χ2v) is 4.75. The van der Waals surface area contributed by atoms with E-state index in [1.54, 1.807) is 11.8 Å². The van der Waals surface area contributed by atoms with Crippen LogP contribution in [0.4, 0.5) is 0 Å². The smallest absolute Gasteiger partial charge is 0.0461 e. The van der Waals surface area contributed by atoms with Gasteiger partial charge in [0.2, 0.25) is 0 Å². The molecule has 0 aliphatic heterocycles. The van der Waals surface area contributed by atoms with Crippen molar-refractivity contribution in [3.05, 3.63) is 33.8 Å². The van der Waals surface area contributed by atoms with E-state index in [-0.39, 0.29) is 6.61 Å². The number of rotatable bonds is 5. The highest BCUT2D eigenvalue weighted by molar-refractivity contribution is 7.98. The quantitative estimate of drug-likeness (QED) is 0.807. The Labute approximate surface area is 98.4 Å². The lowest BCUT2D eigenvalue weighted by Gasteiger charge is -2.05. The molecule has 14 heavy (non-hydrogen) atoms. The molecule has 0 bridgehead atoms. The van der Waals surface area contributed by atoms with Crippen LogP contribution in [0.15, 0.2) is 18.2 Å². The van der Waals surface area contributed by atoms with Crippen LogP contribution in [0.2, 0.25) is 10.0 Å². The fourth-order valence-electron chi connectivity index (χ4n) is 1.01. The van der Waals surface area contributed by atoms with E-state index in [4.69, 9.17) is 28.3 Å². The van der Waals surface area contributed by atoms with E-state index in [0.29, 0.717) is 10.0 Å². The third kappa shape index (κ3) is 3.70. The number of hydrogen-bond donors (Lipinski definition) is 1. The topological polar surface area (TPSA) is 20.2 Å². The molecule has 0 saturated carbocycles. The van der Waals surface area contributed by atoms with Crippen LogP contribution in [0.5, 0.6) is 0 Å². The molecule has 4 heteroatoms. The van der Waals surface area contributed by atoms with E-state index < -0.39 is 0 Å². The van der Waals surface area contributed by atoms with Gasteiger partial charge in [-0.1, -0.05) is 29.3 Å². The van der Waals surface area contributed by atoms with E-state index in [0.717, 1.165) is 23.5 Å². The Balaban J connectivity index is 2.49. The van der Waals surface area contributed by atoms with Gasteiger partial charge in [-0.25, -0.2) is 0 Å². The van der Waals surface area contributed by atoms with Crippen LogP contribution in [0.3, 0.4) is 0 Å². The Bertz CT molecular complexity index is 271. The van der Waals surface area contributed by atoms with Crippen molar-refractivity contribution < 1.29 is 5.11 Å². The summed E-state index contributed by atoms with van der Waals surface area (Å²) in [6, 6.07) is 5.53. The van der Waals surface area contributed by atoms with Gasteiger partial charge in [0.15, 0.2) is 0 Å². The molecule has 0 unspecified atom stereocenters. The van der Waals surface area contributed by atoms with Crippen LogP contribution >= 0.6 is 35.0 Å². The van der Waals surface area contributed by atoms with Crippen molar-refractivity contribution >= 4 is 35.0 Å². The number of aliphatic hydroxyl groups excluding tert-OH is 1. The predicted molar refractivity (Wildman–Crippen MR) is 64.3 cm³/mol. The highest BCUT2D eigenvalue weighted by Gasteiger charge is 2.04. The van der Waals surface area contributed by atoms with Gasteiger partial charge in [0.25, 0.3) is 0 Å². The Hall–Kier alpha value is 0.110. The van der Waals surface area contributed by atoms with Gasteiger partial charge in [-0.3, -0.25) is 0 Å². The normalized spacial score (nSPS) is 10.5. The second-order valence-electron chi connectivity index (χ2n) is 2.83. The summed E-state index contributed by atoms with van der Waals surface area (Å²) >= 11 is 13.7. The van der Waals surface area contributed by atoms with Crippen molar-refractivity contribution in [2.45, 2.75) is 12.2 Å². The van der Waals surface area contributed by atoms with Gasteiger partial charge in [0, 0.05) is 22.4 Å². The molecule has 0 heterocycles. The monoisotopic (exact) mass is 250 g/mol. The average molecular weight is 251 g/mol. The van der Waals surface area contributed by atoms with Gasteiger partial charge in [-0.05, 0) is 29.9 Å². The first-order chi connectivity index (χ1) is 6.75. The SMILES string of the molecule is OCCCSCc1c(Cl)cccc1Cl. The summed E-state index contributed by atoms with van der Waals surface area (Å²) in [5, 5.41) is 10.0. The van der Waals surface area contributed by atoms with E-state index in [1.807, 2.05) is 18.2 Å². The van der Waals surface area contributed by atoms with Crippen LogP contribution in [-0.4, -0.2) is 17.5 Å². The van der Waals surface area contributed by atoms with Crippen molar-refractivity contribution in [3.63, 3.8) is 0 Å². The standard InChI is InChI=1S/C10H12Cl2OS/c11-9-3-1-4-10(12)8(9)7-14-6-2-5-13/h1,3-4,13H,2,5-7H2. The van der Waals surface area contributed by atoms with Gasteiger partial charge in [0.05, 0.1) is 0 Å². The largest absolute Gasteiger partial charge is 0.396 e.